The molecule has 1 aromatic rings. The summed E-state index contributed by atoms with van der Waals surface area (Å²) in [5, 5.41) is 0. The van der Waals surface area contributed by atoms with Gasteiger partial charge in [-0.3, -0.25) is 0 Å². The summed E-state index contributed by atoms with van der Waals surface area (Å²) in [6.45, 7) is 4.16. The monoisotopic (exact) mass is 328 g/mol. The molecule has 0 aliphatic carbocycles. The van der Waals surface area contributed by atoms with E-state index in [9.17, 15) is 0 Å². The molecule has 0 heterocycles. The molecule has 0 radical (unpaired) electrons. The third-order valence-corrected chi connectivity index (χ3v) is 3.30. The summed E-state index contributed by atoms with van der Waals surface area (Å²) in [6.07, 6.45) is 1.37. The van der Waals surface area contributed by atoms with Crippen LogP contribution in [0.5, 0.6) is 0 Å². The van der Waals surface area contributed by atoms with E-state index < -0.39 is 3.79 Å². The SMILES string of the molecule is CCc1cc(C)cc(Br)c1CC(Cl)(Cl)Cl. The van der Waals surface area contributed by atoms with E-state index in [2.05, 4.69) is 35.8 Å². The van der Waals surface area contributed by atoms with E-state index in [0.717, 1.165) is 16.5 Å². The van der Waals surface area contributed by atoms with Crippen LogP contribution in [0.1, 0.15) is 23.6 Å². The lowest BCUT2D eigenvalue weighted by Gasteiger charge is -2.16. The molecule has 1 aromatic carbocycles. The van der Waals surface area contributed by atoms with Crippen molar-refractivity contribution in [1.29, 1.82) is 0 Å². The van der Waals surface area contributed by atoms with Crippen molar-refractivity contribution >= 4 is 50.7 Å². The average Bonchev–Trinajstić information content (AvgIpc) is 2.07. The summed E-state index contributed by atoms with van der Waals surface area (Å²) in [5.74, 6) is 0. The van der Waals surface area contributed by atoms with Crippen LogP contribution in [0.4, 0.5) is 0 Å². The lowest BCUT2D eigenvalue weighted by atomic mass is 10.0. The minimum Gasteiger partial charge on any atom is -0.0833 e. The van der Waals surface area contributed by atoms with Gasteiger partial charge in [-0.25, -0.2) is 0 Å². The van der Waals surface area contributed by atoms with E-state index in [-0.39, 0.29) is 0 Å². The minimum atomic E-state index is -1.23. The van der Waals surface area contributed by atoms with Crippen LogP contribution in [-0.2, 0) is 12.8 Å². The second kappa shape index (κ2) is 5.27. The summed E-state index contributed by atoms with van der Waals surface area (Å²) in [7, 11) is 0. The predicted octanol–water partition coefficient (Wildman–Crippen LogP) is 5.23. The van der Waals surface area contributed by atoms with Gasteiger partial charge in [0.2, 0.25) is 0 Å². The number of alkyl halides is 3. The van der Waals surface area contributed by atoms with Gasteiger partial charge in [-0.2, -0.15) is 0 Å². The van der Waals surface area contributed by atoms with Gasteiger partial charge in [0, 0.05) is 10.9 Å². The van der Waals surface area contributed by atoms with E-state index in [1.165, 1.54) is 11.1 Å². The molecule has 0 aromatic heterocycles. The highest BCUT2D eigenvalue weighted by Crippen LogP contribution is 2.35. The number of halogens is 4. The van der Waals surface area contributed by atoms with E-state index in [0.29, 0.717) is 6.42 Å². The fraction of sp³-hybridized carbons (Fsp3) is 0.455. The number of rotatable bonds is 2. The Bertz CT molecular complexity index is 356. The minimum absolute atomic E-state index is 0.432. The fourth-order valence-corrected chi connectivity index (χ4v) is 2.71. The molecule has 0 aliphatic heterocycles. The van der Waals surface area contributed by atoms with Gasteiger partial charge in [0.1, 0.15) is 0 Å². The van der Waals surface area contributed by atoms with Crippen LogP contribution in [0.2, 0.25) is 0 Å². The zero-order valence-corrected chi connectivity index (χ0v) is 12.4. The summed E-state index contributed by atoms with van der Waals surface area (Å²) >= 11 is 21.0. The van der Waals surface area contributed by atoms with Crippen molar-refractivity contribution in [3.8, 4) is 0 Å². The van der Waals surface area contributed by atoms with E-state index in [1.807, 2.05) is 6.07 Å². The predicted molar refractivity (Wildman–Crippen MR) is 72.3 cm³/mol. The Labute approximate surface area is 114 Å². The van der Waals surface area contributed by atoms with Crippen LogP contribution < -0.4 is 0 Å². The smallest absolute Gasteiger partial charge is 0.0833 e. The largest absolute Gasteiger partial charge is 0.194 e. The van der Waals surface area contributed by atoms with Crippen molar-refractivity contribution in [2.24, 2.45) is 0 Å². The van der Waals surface area contributed by atoms with Crippen molar-refractivity contribution in [3.63, 3.8) is 0 Å². The number of hydrogen-bond acceptors (Lipinski definition) is 0. The molecule has 0 fully saturated rings. The molecule has 0 saturated carbocycles. The summed E-state index contributed by atoms with van der Waals surface area (Å²) in [5.41, 5.74) is 3.53. The van der Waals surface area contributed by atoms with Gasteiger partial charge in [0.15, 0.2) is 3.79 Å². The third kappa shape index (κ3) is 4.14. The number of aryl methyl sites for hydroxylation is 2. The molecule has 0 saturated heterocycles. The average molecular weight is 330 g/mol. The van der Waals surface area contributed by atoms with Gasteiger partial charge in [-0.1, -0.05) is 63.7 Å². The molecule has 0 atom stereocenters. The van der Waals surface area contributed by atoms with E-state index >= 15 is 0 Å². The van der Waals surface area contributed by atoms with Crippen LogP contribution in [0, 0.1) is 6.92 Å². The second-order valence-corrected chi connectivity index (χ2v) is 6.90. The summed E-state index contributed by atoms with van der Waals surface area (Å²) < 4.78 is -0.215. The topological polar surface area (TPSA) is 0 Å². The highest BCUT2D eigenvalue weighted by Gasteiger charge is 2.23. The highest BCUT2D eigenvalue weighted by atomic mass is 79.9. The lowest BCUT2D eigenvalue weighted by Crippen LogP contribution is -2.10. The number of hydrogen-bond donors (Lipinski definition) is 0. The molecule has 0 nitrogen and oxygen atoms in total. The van der Waals surface area contributed by atoms with Crippen LogP contribution in [0.15, 0.2) is 16.6 Å². The Balaban J connectivity index is 3.15. The molecule has 0 unspecified atom stereocenters. The van der Waals surface area contributed by atoms with Crippen molar-refractivity contribution in [1.82, 2.24) is 0 Å². The summed E-state index contributed by atoms with van der Waals surface area (Å²) in [4.78, 5) is 0. The molecule has 4 heteroatoms. The zero-order chi connectivity index (χ0) is 11.6. The van der Waals surface area contributed by atoms with Crippen molar-refractivity contribution in [2.45, 2.75) is 30.5 Å². The Morgan fingerprint density at radius 2 is 1.87 bits per heavy atom. The summed E-state index contributed by atoms with van der Waals surface area (Å²) in [6, 6.07) is 4.18. The van der Waals surface area contributed by atoms with E-state index in [4.69, 9.17) is 34.8 Å². The van der Waals surface area contributed by atoms with Crippen LogP contribution in [-0.4, -0.2) is 3.79 Å². The molecule has 0 spiro atoms. The van der Waals surface area contributed by atoms with Gasteiger partial charge in [0.25, 0.3) is 0 Å². The Morgan fingerprint density at radius 1 is 1.27 bits per heavy atom. The van der Waals surface area contributed by atoms with Gasteiger partial charge < -0.3 is 0 Å². The molecule has 15 heavy (non-hydrogen) atoms. The van der Waals surface area contributed by atoms with Gasteiger partial charge in [0.05, 0.1) is 0 Å². The molecule has 0 N–H and O–H groups in total. The van der Waals surface area contributed by atoms with Gasteiger partial charge in [-0.05, 0) is 36.1 Å². The highest BCUT2D eigenvalue weighted by molar-refractivity contribution is 9.10. The molecule has 0 aliphatic rings. The first kappa shape index (κ1) is 13.6. The first-order valence-corrected chi connectivity index (χ1v) is 6.61. The fourth-order valence-electron chi connectivity index (χ4n) is 1.56. The Hall–Kier alpha value is 0.570. The maximum Gasteiger partial charge on any atom is 0.194 e. The molecule has 0 amide bonds. The maximum absolute atomic E-state index is 5.82. The van der Waals surface area contributed by atoms with Gasteiger partial charge in [-0.15, -0.1) is 0 Å². The normalized spacial score (nSPS) is 11.9. The Morgan fingerprint density at radius 3 is 2.33 bits per heavy atom. The van der Waals surface area contributed by atoms with Crippen LogP contribution >= 0.6 is 50.7 Å². The third-order valence-electron chi connectivity index (χ3n) is 2.19. The molecular formula is C11H12BrCl3. The van der Waals surface area contributed by atoms with Crippen molar-refractivity contribution < 1.29 is 0 Å². The molecule has 84 valence electrons. The number of benzene rings is 1. The zero-order valence-electron chi connectivity index (χ0n) is 8.58. The Kier molecular flexibility index (Phi) is 4.79. The van der Waals surface area contributed by atoms with Crippen molar-refractivity contribution in [3.05, 3.63) is 33.3 Å². The lowest BCUT2D eigenvalue weighted by molar-refractivity contribution is 0.961. The van der Waals surface area contributed by atoms with Crippen LogP contribution in [0.3, 0.4) is 0 Å². The molecule has 0 bridgehead atoms. The van der Waals surface area contributed by atoms with E-state index in [1.54, 1.807) is 0 Å². The van der Waals surface area contributed by atoms with Crippen LogP contribution in [0.25, 0.3) is 0 Å². The molecule has 1 rings (SSSR count). The quantitative estimate of drug-likeness (QED) is 0.651. The maximum atomic E-state index is 5.82. The second-order valence-electron chi connectivity index (χ2n) is 3.53. The standard InChI is InChI=1S/C11H12BrCl3/c1-3-8-4-7(2)5-10(12)9(8)6-11(13,14)15/h4-5H,3,6H2,1-2H3. The first-order valence-electron chi connectivity index (χ1n) is 4.68. The molecular weight excluding hydrogens is 318 g/mol. The first-order chi connectivity index (χ1) is 6.83. The van der Waals surface area contributed by atoms with Crippen molar-refractivity contribution in [2.75, 3.05) is 0 Å². The van der Waals surface area contributed by atoms with Gasteiger partial charge >= 0.3 is 0 Å².